The Labute approximate surface area is 171 Å². The van der Waals surface area contributed by atoms with Gasteiger partial charge in [-0.2, -0.15) is 5.10 Å². The third-order valence-electron chi connectivity index (χ3n) is 7.01. The van der Waals surface area contributed by atoms with Crippen LogP contribution in [0.25, 0.3) is 0 Å². The summed E-state index contributed by atoms with van der Waals surface area (Å²) in [6.07, 6.45) is 3.29. The van der Waals surface area contributed by atoms with E-state index in [0.717, 1.165) is 44.7 Å². The second-order valence-corrected chi connectivity index (χ2v) is 8.94. The number of amides is 1. The Morgan fingerprint density at radius 3 is 2.52 bits per heavy atom. The minimum atomic E-state index is -2.43. The predicted octanol–water partition coefficient (Wildman–Crippen LogP) is 3.29. The minimum Gasteiger partial charge on any atom is -0.367 e. The number of likely N-dealkylation sites (tertiary alicyclic amines) is 2. The van der Waals surface area contributed by atoms with Crippen molar-refractivity contribution in [3.8, 4) is 0 Å². The molecule has 162 valence electrons. The molecule has 0 unspecified atom stereocenters. The molecule has 8 heteroatoms. The molecule has 4 rings (SSSR count). The van der Waals surface area contributed by atoms with Crippen molar-refractivity contribution in [1.29, 1.82) is 0 Å². The molecule has 0 spiro atoms. The number of anilines is 1. The molecule has 1 aromatic heterocycles. The van der Waals surface area contributed by atoms with E-state index in [1.165, 1.54) is 23.9 Å². The molecule has 3 atom stereocenters. The summed E-state index contributed by atoms with van der Waals surface area (Å²) in [5.74, 6) is 1.22. The number of hydrogen-bond donors (Lipinski definition) is 1. The number of aromatic nitrogens is 2. The summed E-state index contributed by atoms with van der Waals surface area (Å²) in [6.45, 7) is 7.32. The fourth-order valence-corrected chi connectivity index (χ4v) is 5.25. The van der Waals surface area contributed by atoms with Crippen LogP contribution in [0.15, 0.2) is 6.07 Å². The van der Waals surface area contributed by atoms with E-state index in [1.54, 1.807) is 0 Å². The number of alkyl halides is 2. The van der Waals surface area contributed by atoms with Gasteiger partial charge < -0.3 is 10.2 Å². The molecule has 1 aromatic rings. The molecule has 0 radical (unpaired) electrons. The monoisotopic (exact) mass is 409 g/mol. The maximum absolute atomic E-state index is 13.6. The summed E-state index contributed by atoms with van der Waals surface area (Å²) in [4.78, 5) is 17.2. The van der Waals surface area contributed by atoms with Gasteiger partial charge in [-0.3, -0.25) is 9.69 Å². The van der Waals surface area contributed by atoms with Gasteiger partial charge in [-0.25, -0.2) is 13.5 Å². The molecule has 1 N–H and O–H groups in total. The molecule has 1 amide bonds. The molecule has 0 bridgehead atoms. The molecule has 4 heterocycles. The van der Waals surface area contributed by atoms with Gasteiger partial charge in [0.05, 0.1) is 11.7 Å². The molecule has 29 heavy (non-hydrogen) atoms. The first kappa shape index (κ1) is 20.6. The van der Waals surface area contributed by atoms with Crippen LogP contribution in [0.3, 0.4) is 0 Å². The average Bonchev–Trinajstić information content (AvgIpc) is 3.12. The second-order valence-electron chi connectivity index (χ2n) is 8.94. The first-order chi connectivity index (χ1) is 13.9. The quantitative estimate of drug-likeness (QED) is 0.829. The largest absolute Gasteiger partial charge is 0.367 e. The Kier molecular flexibility index (Phi) is 6.08. The highest BCUT2D eigenvalue weighted by Gasteiger charge is 2.39. The van der Waals surface area contributed by atoms with Crippen molar-refractivity contribution in [1.82, 2.24) is 19.6 Å². The number of halogens is 2. The number of fused-ring (bicyclic) bond motifs is 1. The van der Waals surface area contributed by atoms with Crippen molar-refractivity contribution in [3.05, 3.63) is 11.8 Å². The van der Waals surface area contributed by atoms with Crippen molar-refractivity contribution in [3.63, 3.8) is 0 Å². The molecular formula is C21H33F2N5O. The van der Waals surface area contributed by atoms with Gasteiger partial charge >= 0.3 is 0 Å². The highest BCUT2D eigenvalue weighted by atomic mass is 19.3. The van der Waals surface area contributed by atoms with Crippen LogP contribution in [-0.2, 0) is 4.79 Å². The van der Waals surface area contributed by atoms with Crippen LogP contribution in [0.2, 0.25) is 0 Å². The number of carbonyl (C=O) groups excluding carboxylic acids is 1. The summed E-state index contributed by atoms with van der Waals surface area (Å²) in [7, 11) is 0. The van der Waals surface area contributed by atoms with E-state index in [1.807, 2.05) is 24.8 Å². The van der Waals surface area contributed by atoms with Gasteiger partial charge in [0.15, 0.2) is 0 Å². The molecule has 0 aliphatic carbocycles. The predicted molar refractivity (Wildman–Crippen MR) is 108 cm³/mol. The van der Waals surface area contributed by atoms with E-state index in [-0.39, 0.29) is 18.0 Å². The zero-order valence-corrected chi connectivity index (χ0v) is 17.5. The number of carbonyl (C=O) groups is 1. The third-order valence-corrected chi connectivity index (χ3v) is 7.01. The number of hydrogen-bond acceptors (Lipinski definition) is 4. The van der Waals surface area contributed by atoms with Gasteiger partial charge in [0, 0.05) is 25.2 Å². The zero-order chi connectivity index (χ0) is 20.5. The van der Waals surface area contributed by atoms with Crippen molar-refractivity contribution in [2.45, 2.75) is 76.9 Å². The summed E-state index contributed by atoms with van der Waals surface area (Å²) >= 11 is 0. The Balaban J connectivity index is 1.35. The minimum absolute atomic E-state index is 0.00868. The van der Waals surface area contributed by atoms with Gasteiger partial charge in [0.1, 0.15) is 11.9 Å². The number of aryl methyl sites for hydroxylation is 1. The third kappa shape index (κ3) is 4.27. The van der Waals surface area contributed by atoms with E-state index in [4.69, 9.17) is 0 Å². The van der Waals surface area contributed by atoms with Gasteiger partial charge in [0.2, 0.25) is 5.91 Å². The van der Waals surface area contributed by atoms with E-state index >= 15 is 0 Å². The lowest BCUT2D eigenvalue weighted by atomic mass is 9.84. The Morgan fingerprint density at radius 2 is 1.86 bits per heavy atom. The molecule has 6 nitrogen and oxygen atoms in total. The van der Waals surface area contributed by atoms with Gasteiger partial charge in [-0.15, -0.1) is 0 Å². The molecule has 3 aliphatic heterocycles. The summed E-state index contributed by atoms with van der Waals surface area (Å²) in [6, 6.07) is 0.929. The van der Waals surface area contributed by atoms with Gasteiger partial charge in [-0.05, 0) is 65.0 Å². The van der Waals surface area contributed by atoms with Crippen molar-refractivity contribution < 1.29 is 13.6 Å². The summed E-state index contributed by atoms with van der Waals surface area (Å²) in [5.41, 5.74) is 0.755. The zero-order valence-electron chi connectivity index (χ0n) is 17.5. The molecule has 0 saturated carbocycles. The number of piperidine rings is 2. The lowest BCUT2D eigenvalue weighted by Crippen LogP contribution is -2.52. The maximum Gasteiger partial charge on any atom is 0.260 e. The normalized spacial score (nSPS) is 27.6. The lowest BCUT2D eigenvalue weighted by Gasteiger charge is -2.42. The van der Waals surface area contributed by atoms with Crippen molar-refractivity contribution in [2.24, 2.45) is 5.92 Å². The first-order valence-electron chi connectivity index (χ1n) is 11.1. The van der Waals surface area contributed by atoms with Crippen molar-refractivity contribution >= 4 is 11.7 Å². The SMILES string of the molecule is Cc1cc2n(n1)[C@@H](C(F)F)C[C@@H](C1CCN(C(=O)[C@H](C)N3CCCCC3)CC1)N2. The molecule has 3 aliphatic rings. The van der Waals surface area contributed by atoms with Crippen LogP contribution in [0, 0.1) is 12.8 Å². The summed E-state index contributed by atoms with van der Waals surface area (Å²) < 4.78 is 28.7. The van der Waals surface area contributed by atoms with Crippen molar-refractivity contribution in [2.75, 3.05) is 31.5 Å². The molecular weight excluding hydrogens is 376 g/mol. The van der Waals surface area contributed by atoms with E-state index in [0.29, 0.717) is 18.2 Å². The number of rotatable bonds is 4. The highest BCUT2D eigenvalue weighted by molar-refractivity contribution is 5.81. The summed E-state index contributed by atoms with van der Waals surface area (Å²) in [5, 5.41) is 7.70. The molecule has 2 fully saturated rings. The number of nitrogens with zero attached hydrogens (tertiary/aromatic N) is 4. The molecule has 0 aromatic carbocycles. The van der Waals surface area contributed by atoms with E-state index in [9.17, 15) is 13.6 Å². The van der Waals surface area contributed by atoms with E-state index in [2.05, 4.69) is 15.3 Å². The van der Waals surface area contributed by atoms with Gasteiger partial charge in [0.25, 0.3) is 6.43 Å². The number of nitrogens with one attached hydrogen (secondary N) is 1. The van der Waals surface area contributed by atoms with Crippen LogP contribution >= 0.6 is 0 Å². The van der Waals surface area contributed by atoms with Crippen LogP contribution in [-0.4, -0.2) is 70.2 Å². The van der Waals surface area contributed by atoms with E-state index < -0.39 is 12.5 Å². The average molecular weight is 410 g/mol. The second kappa shape index (κ2) is 8.58. The standard InChI is InChI=1S/C21H33F2N5O/c1-14-12-19-24-17(13-18(20(22)23)28(19)25-14)16-6-10-27(11-7-16)21(29)15(2)26-8-4-3-5-9-26/h12,15-18,20,24H,3-11,13H2,1-2H3/t15-,17-,18+/m0/s1. The fraction of sp³-hybridized carbons (Fsp3) is 0.810. The fourth-order valence-electron chi connectivity index (χ4n) is 5.25. The lowest BCUT2D eigenvalue weighted by molar-refractivity contribution is -0.138. The topological polar surface area (TPSA) is 53.4 Å². The Morgan fingerprint density at radius 1 is 1.17 bits per heavy atom. The van der Waals surface area contributed by atoms with Gasteiger partial charge in [-0.1, -0.05) is 6.42 Å². The van der Waals surface area contributed by atoms with Crippen LogP contribution < -0.4 is 5.32 Å². The Bertz CT molecular complexity index is 710. The maximum atomic E-state index is 13.6. The molecule has 2 saturated heterocycles. The highest BCUT2D eigenvalue weighted by Crippen LogP contribution is 2.37. The van der Waals surface area contributed by atoms with Crippen LogP contribution in [0.1, 0.15) is 57.2 Å². The smallest absolute Gasteiger partial charge is 0.260 e. The first-order valence-corrected chi connectivity index (χ1v) is 11.1. The van der Waals surface area contributed by atoms with Crippen LogP contribution in [0.4, 0.5) is 14.6 Å². The van der Waals surface area contributed by atoms with Crippen LogP contribution in [0.5, 0.6) is 0 Å². The Hall–Kier alpha value is -1.70.